The highest BCUT2D eigenvalue weighted by Crippen LogP contribution is 2.68. The molecule has 0 spiro atoms. The first kappa shape index (κ1) is 31.1. The van der Waals surface area contributed by atoms with E-state index in [4.69, 9.17) is 14.2 Å². The van der Waals surface area contributed by atoms with Gasteiger partial charge in [-0.2, -0.15) is 0 Å². The largest absolute Gasteiger partial charge is 0.465 e. The fourth-order valence-electron chi connectivity index (χ4n) is 9.67. The summed E-state index contributed by atoms with van der Waals surface area (Å²) in [7, 11) is 0. The molecular formula is C33H52O7. The Morgan fingerprint density at radius 3 is 2.30 bits per heavy atom. The van der Waals surface area contributed by atoms with Crippen LogP contribution in [0.3, 0.4) is 0 Å². The van der Waals surface area contributed by atoms with E-state index >= 15 is 0 Å². The topological polar surface area (TPSA) is 99.1 Å². The van der Waals surface area contributed by atoms with Gasteiger partial charge in [0.2, 0.25) is 0 Å². The van der Waals surface area contributed by atoms with Crippen LogP contribution in [-0.2, 0) is 28.6 Å². The second-order valence-electron chi connectivity index (χ2n) is 14.2. The zero-order valence-electron chi connectivity index (χ0n) is 25.7. The minimum atomic E-state index is -0.762. The summed E-state index contributed by atoms with van der Waals surface area (Å²) in [6.07, 6.45) is 9.00. The van der Waals surface area contributed by atoms with Crippen LogP contribution in [-0.4, -0.2) is 47.9 Å². The second-order valence-corrected chi connectivity index (χ2v) is 14.2. The summed E-state index contributed by atoms with van der Waals surface area (Å²) in [4.78, 5) is 36.2. The summed E-state index contributed by atoms with van der Waals surface area (Å²) in [6, 6.07) is 0. The van der Waals surface area contributed by atoms with E-state index in [1.807, 2.05) is 0 Å². The summed E-state index contributed by atoms with van der Waals surface area (Å²) >= 11 is 0. The molecule has 226 valence electrons. The van der Waals surface area contributed by atoms with Gasteiger partial charge in [0.1, 0.15) is 18.8 Å². The first-order chi connectivity index (χ1) is 18.8. The summed E-state index contributed by atoms with van der Waals surface area (Å²) in [5.74, 6) is 1.48. The Hall–Kier alpha value is -1.89. The van der Waals surface area contributed by atoms with Crippen LogP contribution in [0.15, 0.2) is 11.6 Å². The lowest BCUT2D eigenvalue weighted by Crippen LogP contribution is -2.56. The first-order valence-electron chi connectivity index (χ1n) is 15.6. The van der Waals surface area contributed by atoms with Crippen molar-refractivity contribution in [2.45, 2.75) is 125 Å². The molecule has 0 amide bonds. The molecular weight excluding hydrogens is 508 g/mol. The smallest absolute Gasteiger partial charge is 0.302 e. The number of aliphatic hydroxyl groups excluding tert-OH is 1. The van der Waals surface area contributed by atoms with Crippen molar-refractivity contribution >= 4 is 17.9 Å². The lowest BCUT2D eigenvalue weighted by Gasteiger charge is -2.59. The van der Waals surface area contributed by atoms with Crippen molar-refractivity contribution in [3.8, 4) is 0 Å². The molecule has 0 aromatic rings. The summed E-state index contributed by atoms with van der Waals surface area (Å²) < 4.78 is 17.4. The Labute approximate surface area is 240 Å². The maximum Gasteiger partial charge on any atom is 0.302 e. The van der Waals surface area contributed by atoms with Gasteiger partial charge in [-0.25, -0.2) is 0 Å². The molecule has 1 N–H and O–H groups in total. The van der Waals surface area contributed by atoms with E-state index in [1.165, 1.54) is 33.6 Å². The van der Waals surface area contributed by atoms with Gasteiger partial charge in [-0.1, -0.05) is 58.6 Å². The molecule has 4 aliphatic rings. The SMILES string of the molecule is CC(=O)OCC12CC(OC(C)=O)C(O)CC1=CCC1C2CCC2(C)C1CC(OC(C)=O)C2C(C)CCCC(C)C. The van der Waals surface area contributed by atoms with Crippen molar-refractivity contribution in [2.75, 3.05) is 6.61 Å². The highest BCUT2D eigenvalue weighted by atomic mass is 16.6. The third-order valence-corrected chi connectivity index (χ3v) is 11.2. The van der Waals surface area contributed by atoms with E-state index < -0.39 is 23.6 Å². The van der Waals surface area contributed by atoms with Crippen molar-refractivity contribution in [3.63, 3.8) is 0 Å². The number of carbonyl (C=O) groups is 3. The molecule has 0 heterocycles. The van der Waals surface area contributed by atoms with Gasteiger partial charge in [0.05, 0.1) is 6.10 Å². The van der Waals surface area contributed by atoms with Gasteiger partial charge in [0.15, 0.2) is 0 Å². The van der Waals surface area contributed by atoms with Gasteiger partial charge in [0.25, 0.3) is 0 Å². The first-order valence-corrected chi connectivity index (χ1v) is 15.6. The molecule has 0 bridgehead atoms. The van der Waals surface area contributed by atoms with E-state index in [0.717, 1.165) is 37.7 Å². The van der Waals surface area contributed by atoms with Crippen LogP contribution in [0.1, 0.15) is 106 Å². The van der Waals surface area contributed by atoms with Gasteiger partial charge >= 0.3 is 17.9 Å². The Morgan fingerprint density at radius 1 is 1.00 bits per heavy atom. The number of esters is 3. The molecule has 0 saturated heterocycles. The number of rotatable bonds is 9. The minimum absolute atomic E-state index is 0.0516. The average Bonchev–Trinajstić information content (AvgIpc) is 3.14. The third-order valence-electron chi connectivity index (χ3n) is 11.2. The minimum Gasteiger partial charge on any atom is -0.465 e. The number of carbonyl (C=O) groups excluding carboxylic acids is 3. The van der Waals surface area contributed by atoms with Crippen LogP contribution in [0.4, 0.5) is 0 Å². The number of ether oxygens (including phenoxy) is 3. The highest BCUT2D eigenvalue weighted by Gasteiger charge is 2.64. The van der Waals surface area contributed by atoms with Gasteiger partial charge in [-0.3, -0.25) is 14.4 Å². The van der Waals surface area contributed by atoms with E-state index in [1.54, 1.807) is 0 Å². The van der Waals surface area contributed by atoms with Crippen LogP contribution in [0, 0.1) is 46.3 Å². The van der Waals surface area contributed by atoms with Crippen molar-refractivity contribution in [1.29, 1.82) is 0 Å². The molecule has 3 fully saturated rings. The average molecular weight is 561 g/mol. The zero-order chi connectivity index (χ0) is 29.4. The molecule has 10 unspecified atom stereocenters. The molecule has 4 aliphatic carbocycles. The lowest BCUT2D eigenvalue weighted by atomic mass is 9.46. The maximum atomic E-state index is 12.3. The zero-order valence-corrected chi connectivity index (χ0v) is 25.7. The van der Waals surface area contributed by atoms with Crippen LogP contribution in [0.2, 0.25) is 0 Å². The quantitative estimate of drug-likeness (QED) is 0.209. The highest BCUT2D eigenvalue weighted by molar-refractivity contribution is 5.67. The molecule has 7 nitrogen and oxygen atoms in total. The van der Waals surface area contributed by atoms with Gasteiger partial charge in [0, 0.05) is 32.1 Å². The summed E-state index contributed by atoms with van der Waals surface area (Å²) in [5.41, 5.74) is 0.728. The van der Waals surface area contributed by atoms with Gasteiger partial charge in [-0.05, 0) is 73.5 Å². The van der Waals surface area contributed by atoms with Crippen molar-refractivity contribution < 1.29 is 33.7 Å². The molecule has 0 aromatic heterocycles. The van der Waals surface area contributed by atoms with Crippen LogP contribution in [0.5, 0.6) is 0 Å². The van der Waals surface area contributed by atoms with E-state index in [0.29, 0.717) is 42.4 Å². The Morgan fingerprint density at radius 2 is 1.68 bits per heavy atom. The number of hydrogen-bond donors (Lipinski definition) is 1. The molecule has 7 heteroatoms. The Kier molecular flexibility index (Phi) is 9.43. The summed E-state index contributed by atoms with van der Waals surface area (Å²) in [6.45, 7) is 13.9. The van der Waals surface area contributed by atoms with Crippen molar-refractivity contribution in [2.24, 2.45) is 46.3 Å². The number of hydrogen-bond acceptors (Lipinski definition) is 7. The number of fused-ring (bicyclic) bond motifs is 5. The summed E-state index contributed by atoms with van der Waals surface area (Å²) in [5, 5.41) is 10.9. The predicted octanol–water partition coefficient (Wildman–Crippen LogP) is 6.02. The van der Waals surface area contributed by atoms with Gasteiger partial charge in [-0.15, -0.1) is 0 Å². The van der Waals surface area contributed by atoms with Crippen LogP contribution in [0.25, 0.3) is 0 Å². The van der Waals surface area contributed by atoms with Crippen LogP contribution >= 0.6 is 0 Å². The van der Waals surface area contributed by atoms with E-state index in [9.17, 15) is 19.5 Å². The fourth-order valence-corrected chi connectivity index (χ4v) is 9.67. The molecule has 0 aromatic carbocycles. The number of allylic oxidation sites excluding steroid dienone is 1. The van der Waals surface area contributed by atoms with E-state index in [-0.39, 0.29) is 36.0 Å². The number of aliphatic hydroxyl groups is 1. The molecule has 10 atom stereocenters. The predicted molar refractivity (Wildman–Crippen MR) is 152 cm³/mol. The van der Waals surface area contributed by atoms with E-state index in [2.05, 4.69) is 33.8 Å². The van der Waals surface area contributed by atoms with Crippen LogP contribution < -0.4 is 0 Å². The second kappa shape index (κ2) is 12.1. The van der Waals surface area contributed by atoms with Gasteiger partial charge < -0.3 is 19.3 Å². The Bertz CT molecular complexity index is 987. The monoisotopic (exact) mass is 560 g/mol. The molecule has 40 heavy (non-hydrogen) atoms. The fraction of sp³-hybridized carbons (Fsp3) is 0.848. The lowest BCUT2D eigenvalue weighted by molar-refractivity contribution is -0.169. The Balaban J connectivity index is 1.67. The standard InChI is InChI=1S/C33H52O7/c1-19(2)9-8-10-20(3)31-29(39-22(5)35)16-27-25-12-11-24-15-28(37)30(40-23(6)36)17-33(24,18-38-21(4)34)26(25)13-14-32(27,31)7/h11,19-20,25-31,37H,8-10,12-18H2,1-7H3. The normalized spacial score (nSPS) is 39.3. The third kappa shape index (κ3) is 6.00. The van der Waals surface area contributed by atoms with Crippen molar-refractivity contribution in [1.82, 2.24) is 0 Å². The van der Waals surface area contributed by atoms with Crippen molar-refractivity contribution in [3.05, 3.63) is 11.6 Å². The maximum absolute atomic E-state index is 12.3. The molecule has 0 aliphatic heterocycles. The molecule has 4 rings (SSSR count). The molecule has 0 radical (unpaired) electrons. The molecule has 3 saturated carbocycles.